The van der Waals surface area contributed by atoms with Crippen molar-refractivity contribution in [3.8, 4) is 0 Å². The molecule has 0 unspecified atom stereocenters. The van der Waals surface area contributed by atoms with E-state index < -0.39 is 0 Å². The van der Waals surface area contributed by atoms with E-state index in [1.54, 1.807) is 23.6 Å². The van der Waals surface area contributed by atoms with Gasteiger partial charge in [-0.3, -0.25) is 14.5 Å². The summed E-state index contributed by atoms with van der Waals surface area (Å²) < 4.78 is 0. The minimum Gasteiger partial charge on any atom is -0.326 e. The van der Waals surface area contributed by atoms with Crippen LogP contribution in [-0.4, -0.2) is 23.3 Å². The number of nitrogens with zero attached hydrogens (tertiary/aromatic N) is 2. The smallest absolute Gasteiger partial charge is 0.225 e. The number of carbonyl (C=O) groups is 2. The minimum absolute atomic E-state index is 0.00890. The van der Waals surface area contributed by atoms with E-state index in [0.717, 1.165) is 27.2 Å². The maximum absolute atomic E-state index is 11.5. The lowest BCUT2D eigenvalue weighted by Gasteiger charge is -2.14. The number of aromatic nitrogens is 1. The zero-order chi connectivity index (χ0) is 16.8. The van der Waals surface area contributed by atoms with E-state index in [1.165, 1.54) is 18.3 Å². The van der Waals surface area contributed by atoms with Crippen LogP contribution in [0.15, 0.2) is 34.5 Å². The third-order valence-corrected chi connectivity index (χ3v) is 4.99. The Morgan fingerprint density at radius 2 is 1.96 bits per heavy atom. The molecule has 7 heteroatoms. The summed E-state index contributed by atoms with van der Waals surface area (Å²) in [7, 11) is 0. The summed E-state index contributed by atoms with van der Waals surface area (Å²) in [6.45, 7) is 5.60. The van der Waals surface area contributed by atoms with Gasteiger partial charge in [0.25, 0.3) is 0 Å². The molecule has 2 amide bonds. The highest BCUT2D eigenvalue weighted by atomic mass is 32.2. The number of carbonyl (C=O) groups excluding carboxylic acids is 2. The van der Waals surface area contributed by atoms with Crippen LogP contribution < -0.4 is 10.2 Å². The summed E-state index contributed by atoms with van der Waals surface area (Å²) in [6, 6.07) is 7.70. The molecule has 1 heterocycles. The highest BCUT2D eigenvalue weighted by Crippen LogP contribution is 2.27. The van der Waals surface area contributed by atoms with Gasteiger partial charge < -0.3 is 5.32 Å². The average Bonchev–Trinajstić information content (AvgIpc) is 2.95. The Labute approximate surface area is 144 Å². The number of nitrogens with one attached hydrogen (secondary N) is 1. The molecule has 0 bridgehead atoms. The van der Waals surface area contributed by atoms with Crippen LogP contribution in [0.4, 0.5) is 10.8 Å². The molecule has 5 nitrogen and oxygen atoms in total. The van der Waals surface area contributed by atoms with Crippen molar-refractivity contribution in [3.63, 3.8) is 0 Å². The fourth-order valence-electron chi connectivity index (χ4n) is 1.97. The topological polar surface area (TPSA) is 62.3 Å². The molecule has 0 aliphatic heterocycles. The summed E-state index contributed by atoms with van der Waals surface area (Å²) in [5, 5.41) is 5.47. The van der Waals surface area contributed by atoms with Crippen LogP contribution in [0.3, 0.4) is 0 Å². The molecule has 2 rings (SSSR count). The van der Waals surface area contributed by atoms with Crippen LogP contribution in [-0.2, 0) is 15.3 Å². The van der Waals surface area contributed by atoms with E-state index in [4.69, 9.17) is 0 Å². The van der Waals surface area contributed by atoms with Crippen LogP contribution in [0.1, 0.15) is 26.5 Å². The van der Waals surface area contributed by atoms with Crippen molar-refractivity contribution in [2.24, 2.45) is 0 Å². The van der Waals surface area contributed by atoms with Gasteiger partial charge in [-0.15, -0.1) is 23.1 Å². The van der Waals surface area contributed by atoms with Gasteiger partial charge in [-0.2, -0.15) is 0 Å². The second-order valence-electron chi connectivity index (χ2n) is 4.88. The SMILES string of the molecule is CCN(C(C)=O)c1nc(CSc2ccc(NC(C)=O)cc2)cs1. The Morgan fingerprint density at radius 1 is 1.26 bits per heavy atom. The second-order valence-corrected chi connectivity index (χ2v) is 6.76. The van der Waals surface area contributed by atoms with Crippen molar-refractivity contribution in [2.45, 2.75) is 31.4 Å². The van der Waals surface area contributed by atoms with Crippen molar-refractivity contribution in [2.75, 3.05) is 16.8 Å². The third-order valence-electron chi connectivity index (χ3n) is 3.03. The van der Waals surface area contributed by atoms with E-state index in [-0.39, 0.29) is 11.8 Å². The molecule has 0 saturated carbocycles. The van der Waals surface area contributed by atoms with E-state index in [2.05, 4.69) is 10.3 Å². The van der Waals surface area contributed by atoms with Gasteiger partial charge in [0.15, 0.2) is 5.13 Å². The third kappa shape index (κ3) is 5.07. The van der Waals surface area contributed by atoms with E-state index >= 15 is 0 Å². The van der Waals surface area contributed by atoms with Crippen molar-refractivity contribution >= 4 is 45.7 Å². The first kappa shape index (κ1) is 17.5. The summed E-state index contributed by atoms with van der Waals surface area (Å²) in [4.78, 5) is 29.8. The Bertz CT molecular complexity index is 683. The summed E-state index contributed by atoms with van der Waals surface area (Å²) in [6.07, 6.45) is 0. The van der Waals surface area contributed by atoms with Gasteiger partial charge in [0, 0.05) is 42.1 Å². The molecule has 1 N–H and O–H groups in total. The standard InChI is InChI=1S/C16H19N3O2S2/c1-4-19(12(3)21)16-18-14(10-23-16)9-22-15-7-5-13(6-8-15)17-11(2)20/h5-8,10H,4,9H2,1-3H3,(H,17,20). The van der Waals surface area contributed by atoms with E-state index in [1.807, 2.05) is 36.6 Å². The molecule has 0 fully saturated rings. The van der Waals surface area contributed by atoms with Gasteiger partial charge in [-0.1, -0.05) is 0 Å². The molecule has 0 aliphatic carbocycles. The molecule has 0 saturated heterocycles. The molecule has 23 heavy (non-hydrogen) atoms. The lowest BCUT2D eigenvalue weighted by atomic mass is 10.3. The van der Waals surface area contributed by atoms with Crippen LogP contribution in [0.25, 0.3) is 0 Å². The lowest BCUT2D eigenvalue weighted by molar-refractivity contribution is -0.116. The second kappa shape index (κ2) is 8.12. The van der Waals surface area contributed by atoms with Crippen LogP contribution >= 0.6 is 23.1 Å². The first-order valence-electron chi connectivity index (χ1n) is 7.22. The van der Waals surface area contributed by atoms with Crippen molar-refractivity contribution in [1.29, 1.82) is 0 Å². The van der Waals surface area contributed by atoms with Gasteiger partial charge in [0.2, 0.25) is 11.8 Å². The molecule has 0 radical (unpaired) electrons. The number of hydrogen-bond donors (Lipinski definition) is 1. The maximum atomic E-state index is 11.5. The monoisotopic (exact) mass is 349 g/mol. The Hall–Kier alpha value is -1.86. The maximum Gasteiger partial charge on any atom is 0.225 e. The van der Waals surface area contributed by atoms with E-state index in [0.29, 0.717) is 6.54 Å². The highest BCUT2D eigenvalue weighted by Gasteiger charge is 2.13. The van der Waals surface area contributed by atoms with Gasteiger partial charge in [-0.05, 0) is 31.2 Å². The Kier molecular flexibility index (Phi) is 6.18. The molecule has 0 atom stereocenters. The van der Waals surface area contributed by atoms with Gasteiger partial charge in [-0.25, -0.2) is 4.98 Å². The molecule has 122 valence electrons. The molecule has 1 aromatic carbocycles. The zero-order valence-corrected chi connectivity index (χ0v) is 15.0. The number of anilines is 2. The number of thioether (sulfide) groups is 1. The Balaban J connectivity index is 1.94. The van der Waals surface area contributed by atoms with Crippen LogP contribution in [0.2, 0.25) is 0 Å². The normalized spacial score (nSPS) is 10.4. The number of amides is 2. The fourth-order valence-corrected chi connectivity index (χ4v) is 3.80. The van der Waals surface area contributed by atoms with Crippen molar-refractivity contribution < 1.29 is 9.59 Å². The molecule has 0 spiro atoms. The minimum atomic E-state index is -0.0774. The Morgan fingerprint density at radius 3 is 2.52 bits per heavy atom. The highest BCUT2D eigenvalue weighted by molar-refractivity contribution is 7.98. The predicted molar refractivity (Wildman–Crippen MR) is 96.1 cm³/mol. The van der Waals surface area contributed by atoms with Gasteiger partial charge in [0.1, 0.15) is 0 Å². The molecule has 1 aromatic heterocycles. The number of rotatable bonds is 6. The predicted octanol–water partition coefficient (Wildman–Crippen LogP) is 3.77. The van der Waals surface area contributed by atoms with E-state index in [9.17, 15) is 9.59 Å². The molecule has 2 aromatic rings. The molecular weight excluding hydrogens is 330 g/mol. The van der Waals surface area contributed by atoms with Crippen LogP contribution in [0, 0.1) is 0 Å². The number of benzene rings is 1. The molecule has 0 aliphatic rings. The quantitative estimate of drug-likeness (QED) is 0.807. The van der Waals surface area contributed by atoms with Gasteiger partial charge >= 0.3 is 0 Å². The summed E-state index contributed by atoms with van der Waals surface area (Å²) in [5.74, 6) is 0.673. The average molecular weight is 349 g/mol. The fraction of sp³-hybridized carbons (Fsp3) is 0.312. The summed E-state index contributed by atoms with van der Waals surface area (Å²) >= 11 is 3.16. The summed E-state index contributed by atoms with van der Waals surface area (Å²) in [5.41, 5.74) is 1.75. The largest absolute Gasteiger partial charge is 0.326 e. The molecular formula is C16H19N3O2S2. The lowest BCUT2D eigenvalue weighted by Crippen LogP contribution is -2.27. The first-order valence-corrected chi connectivity index (χ1v) is 9.09. The zero-order valence-electron chi connectivity index (χ0n) is 13.3. The number of thiazole rings is 1. The van der Waals surface area contributed by atoms with Gasteiger partial charge in [0.05, 0.1) is 5.69 Å². The van der Waals surface area contributed by atoms with Crippen LogP contribution in [0.5, 0.6) is 0 Å². The van der Waals surface area contributed by atoms with Crippen molar-refractivity contribution in [3.05, 3.63) is 35.3 Å². The number of hydrogen-bond acceptors (Lipinski definition) is 5. The van der Waals surface area contributed by atoms with Crippen molar-refractivity contribution in [1.82, 2.24) is 4.98 Å². The first-order chi connectivity index (χ1) is 11.0.